The van der Waals surface area contributed by atoms with E-state index in [9.17, 15) is 0 Å². The Balaban J connectivity index is 1.48. The summed E-state index contributed by atoms with van der Waals surface area (Å²) in [5.74, 6) is 1.73. The molecular formula is C22H17N3OS. The predicted molar refractivity (Wildman–Crippen MR) is 109 cm³/mol. The number of ether oxygens (including phenoxy) is 1. The molecule has 0 atom stereocenters. The highest BCUT2D eigenvalue weighted by atomic mass is 32.1. The van der Waals surface area contributed by atoms with E-state index >= 15 is 0 Å². The number of aryl methyl sites for hydroxylation is 1. The molecule has 0 fully saturated rings. The quantitative estimate of drug-likeness (QED) is 0.422. The molecule has 1 N–H and O–H groups in total. The number of hydrogen-bond acceptors (Lipinski definition) is 3. The van der Waals surface area contributed by atoms with Gasteiger partial charge >= 0.3 is 0 Å². The molecule has 0 amide bonds. The van der Waals surface area contributed by atoms with Gasteiger partial charge in [0, 0.05) is 22.7 Å². The molecule has 0 radical (unpaired) electrons. The van der Waals surface area contributed by atoms with Gasteiger partial charge in [-0.25, -0.2) is 9.83 Å². The van der Waals surface area contributed by atoms with E-state index < -0.39 is 0 Å². The number of nitrogens with zero attached hydrogens (tertiary/aromatic N) is 2. The Labute approximate surface area is 161 Å². The van der Waals surface area contributed by atoms with E-state index in [1.807, 2.05) is 54.9 Å². The van der Waals surface area contributed by atoms with Gasteiger partial charge in [-0.05, 0) is 47.7 Å². The van der Waals surface area contributed by atoms with Gasteiger partial charge in [0.2, 0.25) is 0 Å². The monoisotopic (exact) mass is 371 g/mol. The van der Waals surface area contributed by atoms with Crippen LogP contribution in [-0.2, 0) is 6.61 Å². The zero-order chi connectivity index (χ0) is 18.6. The summed E-state index contributed by atoms with van der Waals surface area (Å²) in [6, 6.07) is 15.6. The summed E-state index contributed by atoms with van der Waals surface area (Å²) < 4.78 is 5.95. The molecule has 0 saturated carbocycles. The van der Waals surface area contributed by atoms with Gasteiger partial charge in [0.1, 0.15) is 18.2 Å². The van der Waals surface area contributed by atoms with E-state index in [2.05, 4.69) is 32.3 Å². The summed E-state index contributed by atoms with van der Waals surface area (Å²) >= 11 is 1.66. The first-order valence-corrected chi connectivity index (χ1v) is 9.45. The van der Waals surface area contributed by atoms with Crippen LogP contribution in [-0.4, -0.2) is 9.97 Å². The molecule has 0 bridgehead atoms. The predicted octanol–water partition coefficient (Wildman–Crippen LogP) is 6.24. The fourth-order valence-corrected chi connectivity index (χ4v) is 3.46. The average molecular weight is 371 g/mol. The second kappa shape index (κ2) is 7.48. The summed E-state index contributed by atoms with van der Waals surface area (Å²) in [6.07, 6.45) is 1.93. The van der Waals surface area contributed by atoms with E-state index in [0.717, 1.165) is 39.5 Å². The van der Waals surface area contributed by atoms with Gasteiger partial charge in [0.05, 0.1) is 12.3 Å². The van der Waals surface area contributed by atoms with Crippen LogP contribution in [0.4, 0.5) is 5.69 Å². The lowest BCUT2D eigenvalue weighted by molar-refractivity contribution is 0.304. The van der Waals surface area contributed by atoms with Crippen molar-refractivity contribution in [2.75, 3.05) is 0 Å². The van der Waals surface area contributed by atoms with Gasteiger partial charge in [0.15, 0.2) is 5.69 Å². The average Bonchev–Trinajstić information content (AvgIpc) is 3.39. The number of benzene rings is 2. The molecule has 27 heavy (non-hydrogen) atoms. The number of aromatic amines is 1. The van der Waals surface area contributed by atoms with Crippen LogP contribution >= 0.6 is 11.3 Å². The molecule has 0 unspecified atom stereocenters. The Morgan fingerprint density at radius 2 is 1.96 bits per heavy atom. The molecule has 0 spiro atoms. The Bertz CT molecular complexity index is 1090. The van der Waals surface area contributed by atoms with Crippen LogP contribution in [0.5, 0.6) is 5.75 Å². The SMILES string of the molecule is [C-]#[N+]c1ccc(COc2ccc(-c3c[nH]c(-c4ccsc4)n3)cc2C)cc1. The van der Waals surface area contributed by atoms with Gasteiger partial charge in [-0.1, -0.05) is 24.3 Å². The minimum Gasteiger partial charge on any atom is -0.489 e. The smallest absolute Gasteiger partial charge is 0.187 e. The minimum atomic E-state index is 0.475. The van der Waals surface area contributed by atoms with Gasteiger partial charge in [-0.15, -0.1) is 0 Å². The van der Waals surface area contributed by atoms with Crippen LogP contribution in [0.25, 0.3) is 27.5 Å². The summed E-state index contributed by atoms with van der Waals surface area (Å²) in [4.78, 5) is 11.3. The number of rotatable bonds is 5. The highest BCUT2D eigenvalue weighted by Crippen LogP contribution is 2.28. The maximum Gasteiger partial charge on any atom is 0.187 e. The number of thiophene rings is 1. The van der Waals surface area contributed by atoms with Crippen LogP contribution in [0.15, 0.2) is 65.5 Å². The summed E-state index contributed by atoms with van der Waals surface area (Å²) in [5.41, 5.74) is 5.82. The van der Waals surface area contributed by atoms with Gasteiger partial charge in [-0.3, -0.25) is 0 Å². The zero-order valence-electron chi connectivity index (χ0n) is 14.8. The largest absolute Gasteiger partial charge is 0.489 e. The van der Waals surface area contributed by atoms with E-state index in [1.165, 1.54) is 0 Å². The summed E-state index contributed by atoms with van der Waals surface area (Å²) in [7, 11) is 0. The molecule has 0 aliphatic heterocycles. The molecule has 2 heterocycles. The first-order chi connectivity index (χ1) is 13.2. The second-order valence-corrected chi connectivity index (χ2v) is 6.97. The van der Waals surface area contributed by atoms with E-state index in [0.29, 0.717) is 12.3 Å². The van der Waals surface area contributed by atoms with Gasteiger partial charge in [-0.2, -0.15) is 11.3 Å². The van der Waals surface area contributed by atoms with Crippen molar-refractivity contribution < 1.29 is 4.74 Å². The molecule has 2 aromatic heterocycles. The van der Waals surface area contributed by atoms with Crippen molar-refractivity contribution in [2.45, 2.75) is 13.5 Å². The first-order valence-electron chi connectivity index (χ1n) is 8.51. The fourth-order valence-electron chi connectivity index (χ4n) is 2.82. The van der Waals surface area contributed by atoms with Crippen LogP contribution in [0.2, 0.25) is 0 Å². The Morgan fingerprint density at radius 3 is 2.67 bits per heavy atom. The second-order valence-electron chi connectivity index (χ2n) is 6.19. The molecule has 0 aliphatic rings. The van der Waals surface area contributed by atoms with Crippen molar-refractivity contribution in [1.29, 1.82) is 0 Å². The van der Waals surface area contributed by atoms with Crippen LogP contribution < -0.4 is 4.74 Å². The molecule has 5 heteroatoms. The zero-order valence-corrected chi connectivity index (χ0v) is 15.6. The lowest BCUT2D eigenvalue weighted by Crippen LogP contribution is -1.97. The van der Waals surface area contributed by atoms with Crippen molar-refractivity contribution in [3.05, 3.63) is 88.0 Å². The number of imidazole rings is 1. The van der Waals surface area contributed by atoms with Crippen molar-refractivity contribution in [2.24, 2.45) is 0 Å². The maximum absolute atomic E-state index is 7.00. The number of H-pyrrole nitrogens is 1. The lowest BCUT2D eigenvalue weighted by Gasteiger charge is -2.10. The fraction of sp³-hybridized carbons (Fsp3) is 0.0909. The summed E-state index contributed by atoms with van der Waals surface area (Å²) in [5, 5.41) is 4.12. The third-order valence-electron chi connectivity index (χ3n) is 4.30. The summed E-state index contributed by atoms with van der Waals surface area (Å²) in [6.45, 7) is 9.51. The van der Waals surface area contributed by atoms with Crippen molar-refractivity contribution in [1.82, 2.24) is 9.97 Å². The standard InChI is InChI=1S/C22H17N3OS/c1-15-11-17(20-12-24-22(25-20)18-9-10-27-14-18)5-8-21(15)26-13-16-3-6-19(23-2)7-4-16/h3-12,14H,13H2,1H3,(H,24,25). The molecule has 4 rings (SSSR count). The molecule has 132 valence electrons. The molecule has 2 aromatic carbocycles. The molecule has 4 nitrogen and oxygen atoms in total. The highest BCUT2D eigenvalue weighted by Gasteiger charge is 2.09. The molecule has 4 aromatic rings. The highest BCUT2D eigenvalue weighted by molar-refractivity contribution is 7.08. The Morgan fingerprint density at radius 1 is 1.11 bits per heavy atom. The lowest BCUT2D eigenvalue weighted by atomic mass is 10.1. The third-order valence-corrected chi connectivity index (χ3v) is 4.99. The molecule has 0 saturated heterocycles. The number of nitrogens with one attached hydrogen (secondary N) is 1. The van der Waals surface area contributed by atoms with E-state index in [-0.39, 0.29) is 0 Å². The van der Waals surface area contributed by atoms with Gasteiger partial charge < -0.3 is 9.72 Å². The minimum absolute atomic E-state index is 0.475. The Kier molecular flexibility index (Phi) is 4.73. The first kappa shape index (κ1) is 17.1. The van der Waals surface area contributed by atoms with E-state index in [1.54, 1.807) is 11.3 Å². The number of aromatic nitrogens is 2. The van der Waals surface area contributed by atoms with Crippen molar-refractivity contribution in [3.8, 4) is 28.4 Å². The molecule has 0 aliphatic carbocycles. The van der Waals surface area contributed by atoms with Crippen molar-refractivity contribution >= 4 is 17.0 Å². The van der Waals surface area contributed by atoms with Crippen molar-refractivity contribution in [3.63, 3.8) is 0 Å². The number of hydrogen-bond donors (Lipinski definition) is 1. The topological polar surface area (TPSA) is 42.3 Å². The molecular weight excluding hydrogens is 354 g/mol. The maximum atomic E-state index is 7.00. The van der Waals surface area contributed by atoms with Gasteiger partial charge in [0.25, 0.3) is 0 Å². The Hall–Kier alpha value is -3.36. The van der Waals surface area contributed by atoms with Crippen LogP contribution in [0.3, 0.4) is 0 Å². The van der Waals surface area contributed by atoms with Crippen LogP contribution in [0.1, 0.15) is 11.1 Å². The van der Waals surface area contributed by atoms with E-state index in [4.69, 9.17) is 11.3 Å². The third kappa shape index (κ3) is 3.76. The van der Waals surface area contributed by atoms with Crippen LogP contribution in [0, 0.1) is 13.5 Å². The normalized spacial score (nSPS) is 10.5.